The zero-order chi connectivity index (χ0) is 9.68. The van der Waals surface area contributed by atoms with Gasteiger partial charge < -0.3 is 4.98 Å². The molecule has 0 bridgehead atoms. The van der Waals surface area contributed by atoms with Gasteiger partial charge in [0.2, 0.25) is 0 Å². The molecule has 0 atom stereocenters. The molecular formula is C12H14NY-. The molecule has 2 heteroatoms. The van der Waals surface area contributed by atoms with Gasteiger partial charge in [-0.05, 0) is 12.4 Å². The maximum Gasteiger partial charge on any atom is 0 e. The maximum atomic E-state index is 4.10. The first-order chi connectivity index (χ1) is 6.36. The van der Waals surface area contributed by atoms with Gasteiger partial charge in [0.1, 0.15) is 0 Å². The minimum absolute atomic E-state index is 0. The Hall–Kier alpha value is -0.266. The van der Waals surface area contributed by atoms with E-state index in [1.165, 1.54) is 10.9 Å². The van der Waals surface area contributed by atoms with Gasteiger partial charge in [0, 0.05) is 32.7 Å². The molecule has 0 fully saturated rings. The van der Waals surface area contributed by atoms with Crippen LogP contribution in [0.15, 0.2) is 30.3 Å². The molecule has 0 spiro atoms. The Morgan fingerprint density at radius 2 is 1.86 bits per heavy atom. The van der Waals surface area contributed by atoms with Crippen LogP contribution in [0.25, 0.3) is 10.9 Å². The van der Waals surface area contributed by atoms with Crippen molar-refractivity contribution in [2.24, 2.45) is 0 Å². The van der Waals surface area contributed by atoms with E-state index in [1.807, 2.05) is 32.0 Å². The molecular weight excluding hydrogens is 247 g/mol. The number of pyridine rings is 1. The van der Waals surface area contributed by atoms with E-state index in [4.69, 9.17) is 0 Å². The van der Waals surface area contributed by atoms with Gasteiger partial charge in [-0.3, -0.25) is 0 Å². The number of hydrogen-bond acceptors (Lipinski definition) is 1. The van der Waals surface area contributed by atoms with E-state index < -0.39 is 0 Å². The summed E-state index contributed by atoms with van der Waals surface area (Å²) in [5.74, 6) is 0. The molecule has 0 unspecified atom stereocenters. The molecule has 0 saturated carbocycles. The van der Waals surface area contributed by atoms with Crippen LogP contribution in [0.1, 0.15) is 19.4 Å². The van der Waals surface area contributed by atoms with Crippen LogP contribution >= 0.6 is 0 Å². The van der Waals surface area contributed by atoms with Gasteiger partial charge in [-0.15, -0.1) is 5.39 Å². The first-order valence-corrected chi connectivity index (χ1v) is 4.60. The summed E-state index contributed by atoms with van der Waals surface area (Å²) in [6.45, 7) is 6.08. The third kappa shape index (κ3) is 3.47. The van der Waals surface area contributed by atoms with Crippen LogP contribution in [-0.4, -0.2) is 4.98 Å². The normalized spacial score (nSPS) is 8.50. The summed E-state index contributed by atoms with van der Waals surface area (Å²) < 4.78 is 0. The van der Waals surface area contributed by atoms with Gasteiger partial charge in [-0.1, -0.05) is 43.8 Å². The Kier molecular flexibility index (Phi) is 6.95. The first-order valence-electron chi connectivity index (χ1n) is 4.60. The van der Waals surface area contributed by atoms with Crippen molar-refractivity contribution in [3.63, 3.8) is 0 Å². The first kappa shape index (κ1) is 13.7. The average Bonchev–Trinajstić information content (AvgIpc) is 2.21. The molecule has 0 N–H and O–H groups in total. The monoisotopic (exact) mass is 261 g/mol. The average molecular weight is 261 g/mol. The predicted molar refractivity (Wildman–Crippen MR) is 56.7 cm³/mol. The van der Waals surface area contributed by atoms with Crippen LogP contribution in [0.4, 0.5) is 0 Å². The summed E-state index contributed by atoms with van der Waals surface area (Å²) in [5.41, 5.74) is 2.28. The van der Waals surface area contributed by atoms with Crippen LogP contribution in [0, 0.1) is 13.1 Å². The minimum Gasteiger partial charge on any atom is -0.386 e. The predicted octanol–water partition coefficient (Wildman–Crippen LogP) is 3.37. The molecule has 0 aliphatic rings. The summed E-state index contributed by atoms with van der Waals surface area (Å²) >= 11 is 0. The van der Waals surface area contributed by atoms with E-state index in [0.717, 1.165) is 5.52 Å². The molecule has 2 aromatic rings. The summed E-state index contributed by atoms with van der Waals surface area (Å²) in [4.78, 5) is 4.10. The number of hydrogen-bond donors (Lipinski definition) is 0. The molecule has 0 amide bonds. The third-order valence-electron chi connectivity index (χ3n) is 1.71. The minimum atomic E-state index is 0. The smallest absolute Gasteiger partial charge is 0 e. The Labute approximate surface area is 111 Å². The van der Waals surface area contributed by atoms with Crippen LogP contribution in [0.3, 0.4) is 0 Å². The van der Waals surface area contributed by atoms with Crippen molar-refractivity contribution < 1.29 is 32.7 Å². The quantitative estimate of drug-likeness (QED) is 0.662. The Bertz CT molecular complexity index is 385. The molecule has 0 aliphatic heterocycles. The second-order valence-corrected chi connectivity index (χ2v) is 2.64. The Morgan fingerprint density at radius 3 is 2.57 bits per heavy atom. The van der Waals surface area contributed by atoms with Gasteiger partial charge in [0.05, 0.1) is 0 Å². The third-order valence-corrected chi connectivity index (χ3v) is 1.71. The molecule has 1 nitrogen and oxygen atoms in total. The number of aromatic nitrogens is 1. The zero-order valence-corrected chi connectivity index (χ0v) is 11.7. The van der Waals surface area contributed by atoms with Gasteiger partial charge in [-0.25, -0.2) is 0 Å². The SMILES string of the molecule is CC.Cc1ccc2n[c-]ccc2c1.[Y]. The van der Waals surface area contributed by atoms with Crippen molar-refractivity contribution in [2.45, 2.75) is 20.8 Å². The van der Waals surface area contributed by atoms with Crippen LogP contribution < -0.4 is 0 Å². The largest absolute Gasteiger partial charge is 0.386 e. The fourth-order valence-corrected chi connectivity index (χ4v) is 1.14. The summed E-state index contributed by atoms with van der Waals surface area (Å²) in [5, 5.41) is 1.18. The second-order valence-electron chi connectivity index (χ2n) is 2.64. The fourth-order valence-electron chi connectivity index (χ4n) is 1.14. The van der Waals surface area contributed by atoms with Crippen molar-refractivity contribution in [3.8, 4) is 0 Å². The van der Waals surface area contributed by atoms with E-state index in [0.29, 0.717) is 0 Å². The van der Waals surface area contributed by atoms with Crippen molar-refractivity contribution >= 4 is 10.9 Å². The summed E-state index contributed by atoms with van der Waals surface area (Å²) in [6.07, 6.45) is 2.80. The number of nitrogens with zero attached hydrogens (tertiary/aromatic N) is 1. The topological polar surface area (TPSA) is 12.9 Å². The van der Waals surface area contributed by atoms with Crippen molar-refractivity contribution in [1.29, 1.82) is 0 Å². The van der Waals surface area contributed by atoms with E-state index in [-0.39, 0.29) is 32.7 Å². The molecule has 0 aliphatic carbocycles. The number of fused-ring (bicyclic) bond motifs is 1. The number of benzene rings is 1. The van der Waals surface area contributed by atoms with Gasteiger partial charge >= 0.3 is 0 Å². The second kappa shape index (κ2) is 7.08. The maximum absolute atomic E-state index is 4.10. The van der Waals surface area contributed by atoms with E-state index in [1.54, 1.807) is 0 Å². The Morgan fingerprint density at radius 1 is 1.14 bits per heavy atom. The van der Waals surface area contributed by atoms with Gasteiger partial charge in [0.25, 0.3) is 0 Å². The van der Waals surface area contributed by atoms with Gasteiger partial charge in [0.15, 0.2) is 0 Å². The molecule has 1 radical (unpaired) electrons. The molecule has 1 heterocycles. The van der Waals surface area contributed by atoms with Crippen LogP contribution in [-0.2, 0) is 32.7 Å². The Balaban J connectivity index is 0.000000531. The van der Waals surface area contributed by atoms with E-state index >= 15 is 0 Å². The molecule has 1 aromatic carbocycles. The summed E-state index contributed by atoms with van der Waals surface area (Å²) in [7, 11) is 0. The summed E-state index contributed by atoms with van der Waals surface area (Å²) in [6, 6.07) is 10.1. The number of rotatable bonds is 0. The molecule has 1 aromatic heterocycles. The molecule has 0 saturated heterocycles. The van der Waals surface area contributed by atoms with Crippen LogP contribution in [0.2, 0.25) is 0 Å². The standard InChI is InChI=1S/C10H8N.C2H6.Y/c1-8-4-5-10-9(7-8)3-2-6-11-10;1-2;/h2-5,7H,1H3;1-2H3;/q-1;;. The fraction of sp³-hybridized carbons (Fsp3) is 0.250. The van der Waals surface area contributed by atoms with Gasteiger partial charge in [-0.2, -0.15) is 12.1 Å². The van der Waals surface area contributed by atoms with Crippen molar-refractivity contribution in [1.82, 2.24) is 4.98 Å². The van der Waals surface area contributed by atoms with E-state index in [9.17, 15) is 0 Å². The zero-order valence-electron chi connectivity index (χ0n) is 8.91. The molecule has 71 valence electrons. The molecule has 2 rings (SSSR count). The number of aryl methyl sites for hydroxylation is 1. The van der Waals surface area contributed by atoms with E-state index in [2.05, 4.69) is 30.2 Å². The van der Waals surface area contributed by atoms with Crippen molar-refractivity contribution in [2.75, 3.05) is 0 Å². The van der Waals surface area contributed by atoms with Crippen molar-refractivity contribution in [3.05, 3.63) is 42.1 Å². The van der Waals surface area contributed by atoms with Crippen LogP contribution in [0.5, 0.6) is 0 Å². The molecule has 14 heavy (non-hydrogen) atoms.